The predicted octanol–water partition coefficient (Wildman–Crippen LogP) is 2.36. The maximum atomic E-state index is 12.1. The van der Waals surface area contributed by atoms with E-state index >= 15 is 0 Å². The average Bonchev–Trinajstić information content (AvgIpc) is 2.74. The summed E-state index contributed by atoms with van der Waals surface area (Å²) in [5.74, 6) is -0.735. The molecule has 7 heteroatoms. The Morgan fingerprint density at radius 3 is 2.39 bits per heavy atom. The molecule has 0 aromatic heterocycles. The van der Waals surface area contributed by atoms with Gasteiger partial charge in [0, 0.05) is 0 Å². The van der Waals surface area contributed by atoms with Gasteiger partial charge in [-0.15, -0.1) is 0 Å². The van der Waals surface area contributed by atoms with Crippen molar-refractivity contribution in [2.24, 2.45) is 0 Å². The number of aliphatic hydroxyl groups excluding tert-OH is 1. The van der Waals surface area contributed by atoms with E-state index < -0.39 is 18.0 Å². The molecule has 0 heterocycles. The number of hydrogen-bond donors (Lipinski definition) is 1. The Balaban J connectivity index is 1.86. The Morgan fingerprint density at radius 2 is 1.79 bits per heavy atom. The van der Waals surface area contributed by atoms with Gasteiger partial charge in [-0.3, -0.25) is 0 Å². The number of rotatable bonds is 8. The summed E-state index contributed by atoms with van der Waals surface area (Å²) < 4.78 is 15.0. The van der Waals surface area contributed by atoms with E-state index in [0.717, 1.165) is 0 Å². The van der Waals surface area contributed by atoms with Crippen LogP contribution in [0.15, 0.2) is 60.2 Å². The van der Waals surface area contributed by atoms with E-state index in [1.807, 2.05) is 18.2 Å². The first-order valence-electron chi connectivity index (χ1n) is 8.36. The number of nitriles is 1. The van der Waals surface area contributed by atoms with Crippen LogP contribution in [0.25, 0.3) is 6.08 Å². The second-order valence-electron chi connectivity index (χ2n) is 5.66. The molecule has 0 fully saturated rings. The van der Waals surface area contributed by atoms with Crippen molar-refractivity contribution in [3.8, 4) is 11.8 Å². The van der Waals surface area contributed by atoms with Crippen LogP contribution in [-0.2, 0) is 14.3 Å². The quantitative estimate of drug-likeness (QED) is 0.425. The minimum atomic E-state index is -0.968. The molecule has 0 spiro atoms. The van der Waals surface area contributed by atoms with Crippen LogP contribution in [0.2, 0.25) is 0 Å². The normalized spacial score (nSPS) is 11.8. The van der Waals surface area contributed by atoms with Crippen LogP contribution in [0.5, 0.6) is 5.75 Å². The van der Waals surface area contributed by atoms with Gasteiger partial charge in [-0.1, -0.05) is 30.3 Å². The predicted molar refractivity (Wildman–Crippen MR) is 100 cm³/mol. The van der Waals surface area contributed by atoms with E-state index in [0.29, 0.717) is 11.3 Å². The van der Waals surface area contributed by atoms with E-state index in [2.05, 4.69) is 4.74 Å². The van der Waals surface area contributed by atoms with Gasteiger partial charge in [-0.25, -0.2) is 9.59 Å². The molecule has 2 rings (SSSR count). The van der Waals surface area contributed by atoms with Gasteiger partial charge < -0.3 is 19.3 Å². The van der Waals surface area contributed by atoms with E-state index in [1.54, 1.807) is 30.3 Å². The van der Waals surface area contributed by atoms with Crippen LogP contribution in [-0.4, -0.2) is 43.5 Å². The summed E-state index contributed by atoms with van der Waals surface area (Å²) in [6.07, 6.45) is 0.385. The Kier molecular flexibility index (Phi) is 7.76. The summed E-state index contributed by atoms with van der Waals surface area (Å²) in [4.78, 5) is 23.4. The molecule has 0 saturated heterocycles. The number of nitrogens with zero attached hydrogens (tertiary/aromatic N) is 1. The molecule has 7 nitrogen and oxygen atoms in total. The highest BCUT2D eigenvalue weighted by Gasteiger charge is 2.12. The van der Waals surface area contributed by atoms with E-state index in [4.69, 9.17) is 14.7 Å². The number of para-hydroxylation sites is 1. The Morgan fingerprint density at radius 1 is 1.11 bits per heavy atom. The lowest BCUT2D eigenvalue weighted by Gasteiger charge is -2.13. The zero-order valence-electron chi connectivity index (χ0n) is 15.2. The molecule has 1 atom stereocenters. The molecule has 1 N–H and O–H groups in total. The van der Waals surface area contributed by atoms with Crippen molar-refractivity contribution in [2.75, 3.05) is 20.3 Å². The molecule has 144 valence electrons. The van der Waals surface area contributed by atoms with Crippen LogP contribution in [0.3, 0.4) is 0 Å². The molecular weight excluding hydrogens is 362 g/mol. The fraction of sp³-hybridized carbons (Fsp3) is 0.190. The Hall–Kier alpha value is -3.63. The van der Waals surface area contributed by atoms with Gasteiger partial charge in [0.1, 0.15) is 36.7 Å². The number of carbonyl (C=O) groups is 2. The number of methoxy groups -OCH3 is 1. The number of benzene rings is 2. The molecule has 0 aliphatic rings. The zero-order valence-corrected chi connectivity index (χ0v) is 15.2. The van der Waals surface area contributed by atoms with Crippen LogP contribution < -0.4 is 4.74 Å². The molecule has 2 aromatic rings. The van der Waals surface area contributed by atoms with Crippen LogP contribution in [0.4, 0.5) is 0 Å². The van der Waals surface area contributed by atoms with Crippen molar-refractivity contribution in [3.05, 3.63) is 71.3 Å². The lowest BCUT2D eigenvalue weighted by atomic mass is 10.1. The van der Waals surface area contributed by atoms with Crippen molar-refractivity contribution >= 4 is 18.0 Å². The maximum absolute atomic E-state index is 12.1. The number of esters is 2. The number of carbonyl (C=O) groups excluding carboxylic acids is 2. The van der Waals surface area contributed by atoms with Crippen molar-refractivity contribution in [2.45, 2.75) is 6.10 Å². The lowest BCUT2D eigenvalue weighted by Crippen LogP contribution is -2.25. The number of ether oxygens (including phenoxy) is 3. The number of hydrogen-bond acceptors (Lipinski definition) is 7. The molecule has 0 amide bonds. The summed E-state index contributed by atoms with van der Waals surface area (Å²) >= 11 is 0. The molecule has 28 heavy (non-hydrogen) atoms. The van der Waals surface area contributed by atoms with Gasteiger partial charge in [-0.2, -0.15) is 5.26 Å². The highest BCUT2D eigenvalue weighted by molar-refractivity contribution is 5.98. The summed E-state index contributed by atoms with van der Waals surface area (Å²) in [6.45, 7) is -0.222. The van der Waals surface area contributed by atoms with Crippen molar-refractivity contribution in [1.82, 2.24) is 0 Å². The SMILES string of the molecule is COC(=O)/C(C#N)=C\c1ccc(C(=O)OCC(O)COc2ccccc2)cc1. The van der Waals surface area contributed by atoms with Gasteiger partial charge in [0.15, 0.2) is 0 Å². The molecule has 0 aliphatic carbocycles. The van der Waals surface area contributed by atoms with Crippen molar-refractivity contribution in [1.29, 1.82) is 5.26 Å². The topological polar surface area (TPSA) is 106 Å². The standard InChI is InChI=1S/C21H19NO6/c1-26-20(24)17(12-22)11-15-7-9-16(10-8-15)21(25)28-14-18(23)13-27-19-5-3-2-4-6-19/h2-11,18,23H,13-14H2,1H3/b17-11-. The van der Waals surface area contributed by atoms with Crippen molar-refractivity contribution in [3.63, 3.8) is 0 Å². The monoisotopic (exact) mass is 381 g/mol. The maximum Gasteiger partial charge on any atom is 0.348 e. The van der Waals surface area contributed by atoms with Crippen LogP contribution in [0, 0.1) is 11.3 Å². The van der Waals surface area contributed by atoms with Crippen molar-refractivity contribution < 1.29 is 28.9 Å². The Labute approximate surface area is 162 Å². The fourth-order valence-corrected chi connectivity index (χ4v) is 2.14. The minimum Gasteiger partial charge on any atom is -0.491 e. The molecule has 1 unspecified atom stereocenters. The van der Waals surface area contributed by atoms with Gasteiger partial charge in [0.2, 0.25) is 0 Å². The van der Waals surface area contributed by atoms with Gasteiger partial charge in [-0.05, 0) is 35.9 Å². The van der Waals surface area contributed by atoms with E-state index in [9.17, 15) is 14.7 Å². The first-order chi connectivity index (χ1) is 13.5. The van der Waals surface area contributed by atoms with Crippen LogP contribution >= 0.6 is 0 Å². The third-order valence-electron chi connectivity index (χ3n) is 3.58. The summed E-state index contributed by atoms with van der Waals surface area (Å²) in [6, 6.07) is 16.8. The minimum absolute atomic E-state index is 0.00844. The van der Waals surface area contributed by atoms with Gasteiger partial charge in [0.05, 0.1) is 12.7 Å². The summed E-state index contributed by atoms with van der Waals surface area (Å²) in [5.41, 5.74) is 0.666. The molecule has 0 radical (unpaired) electrons. The largest absolute Gasteiger partial charge is 0.491 e. The molecular formula is C21H19NO6. The third-order valence-corrected chi connectivity index (χ3v) is 3.58. The first-order valence-corrected chi connectivity index (χ1v) is 8.36. The zero-order chi connectivity index (χ0) is 20.4. The molecule has 2 aromatic carbocycles. The Bertz CT molecular complexity index is 868. The lowest BCUT2D eigenvalue weighted by molar-refractivity contribution is -0.135. The second-order valence-corrected chi connectivity index (χ2v) is 5.66. The van der Waals surface area contributed by atoms with E-state index in [1.165, 1.54) is 25.3 Å². The summed E-state index contributed by atoms with van der Waals surface area (Å²) in [5, 5.41) is 18.8. The van der Waals surface area contributed by atoms with Gasteiger partial charge in [0.25, 0.3) is 0 Å². The number of aliphatic hydroxyl groups is 1. The van der Waals surface area contributed by atoms with E-state index in [-0.39, 0.29) is 24.4 Å². The molecule has 0 bridgehead atoms. The fourth-order valence-electron chi connectivity index (χ4n) is 2.14. The first kappa shape index (κ1) is 20.7. The smallest absolute Gasteiger partial charge is 0.348 e. The van der Waals surface area contributed by atoms with Gasteiger partial charge >= 0.3 is 11.9 Å². The second kappa shape index (κ2) is 10.5. The highest BCUT2D eigenvalue weighted by atomic mass is 16.5. The molecule has 0 aliphatic heterocycles. The third kappa shape index (κ3) is 6.27. The average molecular weight is 381 g/mol. The molecule has 0 saturated carbocycles. The summed E-state index contributed by atoms with van der Waals surface area (Å²) in [7, 11) is 1.19. The van der Waals surface area contributed by atoms with Crippen LogP contribution in [0.1, 0.15) is 15.9 Å². The highest BCUT2D eigenvalue weighted by Crippen LogP contribution is 2.12.